The molecule has 0 N–H and O–H groups in total. The summed E-state index contributed by atoms with van der Waals surface area (Å²) in [7, 11) is 0. The molecule has 0 unspecified atom stereocenters. The standard InChI is InChI=1S/C25H28I2O5/c1-5-17-7-9-19-11-13-25-14-12-20-10-8-18(6-2)24(22(20)25)27(31-16(4)29)32-26(30-15(3)28)23(17)21(19)25/h7-10H,5-6,11-14H2,1-4H3. The average Bonchev–Trinajstić information content (AvgIpc) is 3.32. The van der Waals surface area contributed by atoms with Gasteiger partial charge in [-0.3, -0.25) is 0 Å². The minimum absolute atomic E-state index is 0.0821. The van der Waals surface area contributed by atoms with Crippen molar-refractivity contribution >= 4 is 53.2 Å². The van der Waals surface area contributed by atoms with Crippen molar-refractivity contribution in [2.24, 2.45) is 0 Å². The second-order valence-corrected chi connectivity index (χ2v) is 16.7. The van der Waals surface area contributed by atoms with Crippen molar-refractivity contribution in [1.82, 2.24) is 0 Å². The van der Waals surface area contributed by atoms with Crippen LogP contribution in [0, 0.1) is 7.14 Å². The molecule has 2 aliphatic carbocycles. The number of aryl methyl sites for hydroxylation is 4. The van der Waals surface area contributed by atoms with E-state index in [0.29, 0.717) is 0 Å². The van der Waals surface area contributed by atoms with E-state index in [2.05, 4.69) is 38.1 Å². The van der Waals surface area contributed by atoms with Crippen molar-refractivity contribution in [3.8, 4) is 0 Å². The van der Waals surface area contributed by atoms with Crippen LogP contribution in [0.25, 0.3) is 0 Å². The van der Waals surface area contributed by atoms with Gasteiger partial charge in [-0.1, -0.05) is 0 Å². The van der Waals surface area contributed by atoms with E-state index < -0.39 is 41.3 Å². The van der Waals surface area contributed by atoms with E-state index >= 15 is 0 Å². The summed E-state index contributed by atoms with van der Waals surface area (Å²) in [6.07, 6.45) is 5.87. The Kier molecular flexibility index (Phi) is 6.03. The second-order valence-electron chi connectivity index (χ2n) is 8.57. The first-order valence-electron chi connectivity index (χ1n) is 11.2. The van der Waals surface area contributed by atoms with E-state index in [4.69, 9.17) is 7.53 Å². The monoisotopic (exact) mass is 662 g/mol. The molecule has 0 fully saturated rings. The number of hydrogen-bond donors (Lipinski definition) is 0. The predicted octanol–water partition coefficient (Wildman–Crippen LogP) is 6.16. The molecule has 172 valence electrons. The summed E-state index contributed by atoms with van der Waals surface area (Å²) >= 11 is -5.73. The van der Waals surface area contributed by atoms with E-state index in [-0.39, 0.29) is 17.4 Å². The molecule has 0 saturated heterocycles. The van der Waals surface area contributed by atoms with E-state index in [1.54, 1.807) is 0 Å². The van der Waals surface area contributed by atoms with Gasteiger partial charge in [-0.05, 0) is 0 Å². The van der Waals surface area contributed by atoms with Crippen molar-refractivity contribution in [3.63, 3.8) is 0 Å². The van der Waals surface area contributed by atoms with Crippen LogP contribution in [-0.2, 0) is 48.2 Å². The van der Waals surface area contributed by atoms with Gasteiger partial charge in [-0.25, -0.2) is 0 Å². The van der Waals surface area contributed by atoms with Crippen LogP contribution in [0.3, 0.4) is 0 Å². The molecule has 2 aromatic carbocycles. The number of hydrogen-bond acceptors (Lipinski definition) is 5. The van der Waals surface area contributed by atoms with Gasteiger partial charge < -0.3 is 0 Å². The number of benzene rings is 2. The molecule has 0 bridgehead atoms. The topological polar surface area (TPSA) is 61.8 Å². The van der Waals surface area contributed by atoms with Gasteiger partial charge in [0.1, 0.15) is 0 Å². The zero-order valence-corrected chi connectivity index (χ0v) is 23.2. The van der Waals surface area contributed by atoms with Crippen LogP contribution in [0.1, 0.15) is 73.9 Å². The third-order valence-electron chi connectivity index (χ3n) is 6.75. The average molecular weight is 662 g/mol. The summed E-state index contributed by atoms with van der Waals surface area (Å²) in [6, 6.07) is 8.94. The number of carbonyl (C=O) groups excluding carboxylic acids is 2. The normalized spacial score (nSPS) is 19.6. The summed E-state index contributed by atoms with van der Waals surface area (Å²) in [5, 5.41) is 0. The van der Waals surface area contributed by atoms with E-state index in [9.17, 15) is 9.59 Å². The molecule has 0 atom stereocenters. The Morgan fingerprint density at radius 1 is 0.844 bits per heavy atom. The first-order chi connectivity index (χ1) is 15.4. The Bertz CT molecular complexity index is 1040. The summed E-state index contributed by atoms with van der Waals surface area (Å²) in [5.41, 5.74) is 7.81. The van der Waals surface area contributed by atoms with Crippen molar-refractivity contribution in [2.75, 3.05) is 0 Å². The Hall–Kier alpha value is -1.20. The molecule has 2 aromatic rings. The van der Waals surface area contributed by atoms with Gasteiger partial charge in [0.2, 0.25) is 0 Å². The molecule has 1 heterocycles. The van der Waals surface area contributed by atoms with Crippen molar-refractivity contribution < 1.29 is 17.1 Å². The summed E-state index contributed by atoms with van der Waals surface area (Å²) < 4.78 is 21.0. The number of carbonyl (C=O) groups is 2. The molecule has 32 heavy (non-hydrogen) atoms. The van der Waals surface area contributed by atoms with Gasteiger partial charge in [-0.15, -0.1) is 0 Å². The molecule has 5 nitrogen and oxygen atoms in total. The number of halogens is 2. The van der Waals surface area contributed by atoms with Crippen LogP contribution in [-0.4, -0.2) is 11.9 Å². The summed E-state index contributed by atoms with van der Waals surface area (Å²) in [4.78, 5) is 24.4. The fraction of sp³-hybridized carbons (Fsp3) is 0.440. The fourth-order valence-corrected chi connectivity index (χ4v) is 17.7. The van der Waals surface area contributed by atoms with Crippen molar-refractivity contribution in [1.29, 1.82) is 0 Å². The quantitative estimate of drug-likeness (QED) is 0.368. The number of rotatable bonds is 4. The van der Waals surface area contributed by atoms with Crippen LogP contribution < -0.4 is 0 Å². The van der Waals surface area contributed by atoms with Crippen LogP contribution in [0.2, 0.25) is 0 Å². The predicted molar refractivity (Wildman–Crippen MR) is 139 cm³/mol. The minimum atomic E-state index is -2.87. The van der Waals surface area contributed by atoms with Gasteiger partial charge >= 0.3 is 207 Å². The van der Waals surface area contributed by atoms with Crippen LogP contribution in [0.15, 0.2) is 24.3 Å². The second kappa shape index (κ2) is 8.54. The zero-order valence-electron chi connectivity index (χ0n) is 18.8. The molecule has 0 amide bonds. The fourth-order valence-electron chi connectivity index (χ4n) is 5.52. The molecular weight excluding hydrogens is 634 g/mol. The maximum absolute atomic E-state index is 12.2. The van der Waals surface area contributed by atoms with Gasteiger partial charge in [0.05, 0.1) is 0 Å². The van der Waals surface area contributed by atoms with Crippen LogP contribution in [0.5, 0.6) is 0 Å². The molecular formula is C25H28I2O5. The maximum atomic E-state index is 12.2. The van der Waals surface area contributed by atoms with Crippen molar-refractivity contribution in [2.45, 2.75) is 71.6 Å². The Labute approximate surface area is 205 Å². The zero-order chi connectivity index (χ0) is 22.6. The third kappa shape index (κ3) is 3.41. The van der Waals surface area contributed by atoms with E-state index in [1.807, 2.05) is 0 Å². The molecule has 0 saturated carbocycles. The molecule has 1 aliphatic heterocycles. The molecule has 1 spiro atoms. The van der Waals surface area contributed by atoms with Gasteiger partial charge in [0.15, 0.2) is 0 Å². The van der Waals surface area contributed by atoms with Gasteiger partial charge in [0.25, 0.3) is 0 Å². The third-order valence-corrected chi connectivity index (χ3v) is 17.7. The van der Waals surface area contributed by atoms with E-state index in [1.165, 1.54) is 47.2 Å². The Balaban J connectivity index is 1.87. The first kappa shape index (κ1) is 22.6. The SMILES string of the molecule is CCc1ccc2c3c1I(OC(C)=O)OI(OC(C)=O)c1c(CC)ccc4c1C3(CC2)CC4. The molecule has 0 aromatic heterocycles. The molecule has 5 rings (SSSR count). The van der Waals surface area contributed by atoms with Crippen LogP contribution >= 0.6 is 41.3 Å². The van der Waals surface area contributed by atoms with Crippen molar-refractivity contribution in [3.05, 3.63) is 64.8 Å². The molecule has 3 aliphatic rings. The Morgan fingerprint density at radius 3 is 1.66 bits per heavy atom. The van der Waals surface area contributed by atoms with E-state index in [0.717, 1.165) is 45.7 Å². The Morgan fingerprint density at radius 2 is 1.28 bits per heavy atom. The van der Waals surface area contributed by atoms with Crippen LogP contribution in [0.4, 0.5) is 0 Å². The molecule has 0 radical (unpaired) electrons. The summed E-state index contributed by atoms with van der Waals surface area (Å²) in [5.74, 6) is -0.644. The van der Waals surface area contributed by atoms with Gasteiger partial charge in [-0.2, -0.15) is 0 Å². The first-order valence-corrected chi connectivity index (χ1v) is 16.8. The van der Waals surface area contributed by atoms with Gasteiger partial charge in [0, 0.05) is 0 Å². The molecule has 7 heteroatoms. The summed E-state index contributed by atoms with van der Waals surface area (Å²) in [6.45, 7) is 7.19.